The van der Waals surface area contributed by atoms with Crippen LogP contribution < -0.4 is 0 Å². The van der Waals surface area contributed by atoms with Crippen LogP contribution in [0.3, 0.4) is 0 Å². The number of hydrogen-bond acceptors (Lipinski definition) is 2. The molecule has 1 aromatic carbocycles. The maximum atomic E-state index is 13.5. The van der Waals surface area contributed by atoms with Gasteiger partial charge in [0.25, 0.3) is 0 Å². The Bertz CT molecular complexity index is 508. The van der Waals surface area contributed by atoms with E-state index < -0.39 is 0 Å². The lowest BCUT2D eigenvalue weighted by molar-refractivity contribution is 0.580. The molecule has 0 aliphatic heterocycles. The molecule has 1 heterocycles. The van der Waals surface area contributed by atoms with Crippen molar-refractivity contribution in [3.63, 3.8) is 0 Å². The van der Waals surface area contributed by atoms with Gasteiger partial charge in [-0.05, 0) is 36.2 Å². The monoisotopic (exact) mass is 223 g/mol. The Kier molecular flexibility index (Phi) is 2.30. The highest BCUT2D eigenvalue weighted by molar-refractivity contribution is 7.13. The fourth-order valence-corrected chi connectivity index (χ4v) is 2.65. The molecule has 15 heavy (non-hydrogen) atoms. The van der Waals surface area contributed by atoms with Crippen molar-refractivity contribution in [2.75, 3.05) is 0 Å². The molecule has 3 heteroatoms. The first-order valence-electron chi connectivity index (χ1n) is 4.95. The van der Waals surface area contributed by atoms with E-state index >= 15 is 0 Å². The van der Waals surface area contributed by atoms with Gasteiger partial charge in [-0.15, -0.1) is 0 Å². The molecule has 0 amide bonds. The Morgan fingerprint density at radius 1 is 1.27 bits per heavy atom. The van der Waals surface area contributed by atoms with E-state index in [-0.39, 0.29) is 11.2 Å². The van der Waals surface area contributed by atoms with Crippen LogP contribution in [0.2, 0.25) is 0 Å². The largest absolute Gasteiger partial charge is 0.207 e. The Morgan fingerprint density at radius 2 is 1.93 bits per heavy atom. The summed E-state index contributed by atoms with van der Waals surface area (Å²) in [6, 6.07) is 3.48. The molecular formula is C12H14FNS. The Hall–Kier alpha value is -0.960. The molecule has 2 rings (SSSR count). The molecule has 0 saturated carbocycles. The fourth-order valence-electron chi connectivity index (χ4n) is 1.60. The molecule has 0 bridgehead atoms. The summed E-state index contributed by atoms with van der Waals surface area (Å²) in [5, 5.41) is 0.954. The van der Waals surface area contributed by atoms with Gasteiger partial charge in [0, 0.05) is 10.8 Å². The fraction of sp³-hybridized carbons (Fsp3) is 0.417. The average Bonchev–Trinajstić information content (AvgIpc) is 2.47. The number of rotatable bonds is 0. The second kappa shape index (κ2) is 3.27. The van der Waals surface area contributed by atoms with Crippen molar-refractivity contribution in [3.05, 3.63) is 29.2 Å². The minimum Gasteiger partial charge on any atom is -0.207 e. The second-order valence-electron chi connectivity index (χ2n) is 4.88. The van der Waals surface area contributed by atoms with Crippen LogP contribution in [0.15, 0.2) is 12.1 Å². The zero-order chi connectivity index (χ0) is 11.2. The van der Waals surface area contributed by atoms with E-state index in [1.165, 1.54) is 11.5 Å². The molecule has 0 fully saturated rings. The van der Waals surface area contributed by atoms with Crippen LogP contribution in [0.4, 0.5) is 4.39 Å². The summed E-state index contributed by atoms with van der Waals surface area (Å²) in [7, 11) is 0. The van der Waals surface area contributed by atoms with Gasteiger partial charge in [-0.3, -0.25) is 0 Å². The summed E-state index contributed by atoms with van der Waals surface area (Å²) in [6.45, 7) is 8.07. The summed E-state index contributed by atoms with van der Waals surface area (Å²) < 4.78 is 19.0. The van der Waals surface area contributed by atoms with Crippen molar-refractivity contribution >= 4 is 21.6 Å². The summed E-state index contributed by atoms with van der Waals surface area (Å²) in [4.78, 5) is 0. The molecular weight excluding hydrogens is 209 g/mol. The van der Waals surface area contributed by atoms with Gasteiger partial charge in [0.1, 0.15) is 5.82 Å². The van der Waals surface area contributed by atoms with E-state index in [9.17, 15) is 4.39 Å². The highest BCUT2D eigenvalue weighted by Crippen LogP contribution is 2.32. The average molecular weight is 223 g/mol. The lowest BCUT2D eigenvalue weighted by atomic mass is 9.90. The summed E-state index contributed by atoms with van der Waals surface area (Å²) in [5.74, 6) is -0.145. The van der Waals surface area contributed by atoms with Crippen LogP contribution in [0.5, 0.6) is 0 Å². The standard InChI is InChI=1S/C12H14FNS/c1-7-5-10-8(6-9(7)13)11(14-15-10)12(2,3)4/h5-6H,1-4H3. The number of halogens is 1. The number of benzene rings is 1. The molecule has 0 aliphatic carbocycles. The quantitative estimate of drug-likeness (QED) is 0.656. The molecule has 0 unspecified atom stereocenters. The number of aromatic nitrogens is 1. The van der Waals surface area contributed by atoms with Gasteiger partial charge in [-0.2, -0.15) is 4.37 Å². The molecule has 0 radical (unpaired) electrons. The van der Waals surface area contributed by atoms with Gasteiger partial charge >= 0.3 is 0 Å². The van der Waals surface area contributed by atoms with Crippen molar-refractivity contribution in [1.29, 1.82) is 0 Å². The molecule has 1 aromatic heterocycles. The Labute approximate surface area is 93.1 Å². The van der Waals surface area contributed by atoms with Crippen LogP contribution in [0.1, 0.15) is 32.0 Å². The van der Waals surface area contributed by atoms with Crippen molar-refractivity contribution in [3.8, 4) is 0 Å². The molecule has 80 valence electrons. The predicted octanol–water partition coefficient (Wildman–Crippen LogP) is 4.04. The van der Waals surface area contributed by atoms with Crippen molar-refractivity contribution in [2.45, 2.75) is 33.1 Å². The van der Waals surface area contributed by atoms with Gasteiger partial charge in [-0.1, -0.05) is 20.8 Å². The number of hydrogen-bond donors (Lipinski definition) is 0. The van der Waals surface area contributed by atoms with Gasteiger partial charge in [0.2, 0.25) is 0 Å². The number of aryl methyl sites for hydroxylation is 1. The third-order valence-electron chi connectivity index (χ3n) is 2.46. The molecule has 0 atom stereocenters. The van der Waals surface area contributed by atoms with Crippen LogP contribution in [0, 0.1) is 12.7 Å². The maximum Gasteiger partial charge on any atom is 0.126 e. The van der Waals surface area contributed by atoms with Gasteiger partial charge in [-0.25, -0.2) is 4.39 Å². The zero-order valence-electron chi connectivity index (χ0n) is 9.39. The van der Waals surface area contributed by atoms with Crippen LogP contribution in [-0.4, -0.2) is 4.37 Å². The predicted molar refractivity (Wildman–Crippen MR) is 63.0 cm³/mol. The van der Waals surface area contributed by atoms with Crippen LogP contribution in [0.25, 0.3) is 10.1 Å². The van der Waals surface area contributed by atoms with E-state index in [0.717, 1.165) is 15.8 Å². The van der Waals surface area contributed by atoms with E-state index in [2.05, 4.69) is 25.1 Å². The zero-order valence-corrected chi connectivity index (χ0v) is 10.2. The lowest BCUT2D eigenvalue weighted by Crippen LogP contribution is -2.11. The molecule has 0 N–H and O–H groups in total. The third-order valence-corrected chi connectivity index (χ3v) is 3.27. The van der Waals surface area contributed by atoms with Gasteiger partial charge < -0.3 is 0 Å². The molecule has 0 spiro atoms. The first-order chi connectivity index (χ1) is 6.89. The molecule has 0 aliphatic rings. The Balaban J connectivity index is 2.75. The van der Waals surface area contributed by atoms with Crippen molar-refractivity contribution in [1.82, 2.24) is 4.37 Å². The first kappa shape index (κ1) is 10.6. The highest BCUT2D eigenvalue weighted by atomic mass is 32.1. The second-order valence-corrected chi connectivity index (χ2v) is 5.68. The summed E-state index contributed by atoms with van der Waals surface area (Å²) in [5.41, 5.74) is 1.65. The van der Waals surface area contributed by atoms with Crippen LogP contribution >= 0.6 is 11.5 Å². The third kappa shape index (κ3) is 1.76. The molecule has 0 saturated heterocycles. The Morgan fingerprint density at radius 3 is 2.53 bits per heavy atom. The number of fused-ring (bicyclic) bond motifs is 1. The van der Waals surface area contributed by atoms with Crippen LogP contribution in [-0.2, 0) is 5.41 Å². The van der Waals surface area contributed by atoms with E-state index in [1.54, 1.807) is 13.0 Å². The smallest absolute Gasteiger partial charge is 0.126 e. The number of nitrogens with zero attached hydrogens (tertiary/aromatic N) is 1. The van der Waals surface area contributed by atoms with Gasteiger partial charge in [0.05, 0.1) is 10.4 Å². The minimum atomic E-state index is -0.145. The topological polar surface area (TPSA) is 12.9 Å². The summed E-state index contributed by atoms with van der Waals surface area (Å²) >= 11 is 1.45. The first-order valence-corrected chi connectivity index (χ1v) is 5.73. The van der Waals surface area contributed by atoms with E-state index in [4.69, 9.17) is 0 Å². The normalized spacial score (nSPS) is 12.3. The molecule has 1 nitrogen and oxygen atoms in total. The SMILES string of the molecule is Cc1cc2snc(C(C)(C)C)c2cc1F. The van der Waals surface area contributed by atoms with Crippen molar-refractivity contribution < 1.29 is 4.39 Å². The summed E-state index contributed by atoms with van der Waals surface area (Å²) in [6.07, 6.45) is 0. The van der Waals surface area contributed by atoms with Gasteiger partial charge in [0.15, 0.2) is 0 Å². The molecule has 2 aromatic rings. The van der Waals surface area contributed by atoms with E-state index in [1.807, 2.05) is 6.07 Å². The minimum absolute atomic E-state index is 0.0278. The lowest BCUT2D eigenvalue weighted by Gasteiger charge is -2.15. The highest BCUT2D eigenvalue weighted by Gasteiger charge is 2.21. The van der Waals surface area contributed by atoms with Crippen molar-refractivity contribution in [2.24, 2.45) is 0 Å². The van der Waals surface area contributed by atoms with E-state index in [0.29, 0.717) is 5.56 Å². The maximum absolute atomic E-state index is 13.5.